The molecule has 6 heteroatoms. The van der Waals surface area contributed by atoms with Crippen molar-refractivity contribution in [2.75, 3.05) is 26.3 Å². The van der Waals surface area contributed by atoms with E-state index >= 15 is 0 Å². The van der Waals surface area contributed by atoms with E-state index in [4.69, 9.17) is 10.5 Å². The molecule has 0 aromatic carbocycles. The van der Waals surface area contributed by atoms with Gasteiger partial charge < -0.3 is 21.1 Å². The van der Waals surface area contributed by atoms with Crippen LogP contribution in [-0.2, 0) is 14.3 Å². The molecule has 20 heavy (non-hydrogen) atoms. The van der Waals surface area contributed by atoms with Crippen molar-refractivity contribution in [1.82, 2.24) is 10.6 Å². The summed E-state index contributed by atoms with van der Waals surface area (Å²) in [6, 6.07) is -0.565. The van der Waals surface area contributed by atoms with Crippen molar-refractivity contribution < 1.29 is 14.3 Å². The van der Waals surface area contributed by atoms with Crippen LogP contribution in [0.1, 0.15) is 33.1 Å². The maximum absolute atomic E-state index is 11.6. The van der Waals surface area contributed by atoms with Gasteiger partial charge in [-0.1, -0.05) is 13.8 Å². The predicted octanol–water partition coefficient (Wildman–Crippen LogP) is 0.0188. The number of ether oxygens (including phenoxy) is 1. The minimum atomic E-state index is -0.565. The summed E-state index contributed by atoms with van der Waals surface area (Å²) in [5.74, 6) is 0.250. The van der Waals surface area contributed by atoms with Crippen LogP contribution in [0, 0.1) is 11.8 Å². The topological polar surface area (TPSA) is 93.5 Å². The third-order valence-electron chi connectivity index (χ3n) is 3.66. The Labute approximate surface area is 120 Å². The van der Waals surface area contributed by atoms with Crippen LogP contribution in [0.5, 0.6) is 0 Å². The molecule has 2 amide bonds. The second kappa shape index (κ2) is 8.92. The van der Waals surface area contributed by atoms with E-state index in [2.05, 4.69) is 10.6 Å². The van der Waals surface area contributed by atoms with E-state index in [9.17, 15) is 9.59 Å². The first-order chi connectivity index (χ1) is 9.50. The number of nitrogens with two attached hydrogens (primary N) is 1. The molecule has 1 fully saturated rings. The van der Waals surface area contributed by atoms with E-state index in [1.165, 1.54) is 0 Å². The minimum absolute atomic E-state index is 0.00691. The summed E-state index contributed by atoms with van der Waals surface area (Å²) < 4.78 is 5.29. The van der Waals surface area contributed by atoms with Crippen LogP contribution in [0.2, 0.25) is 0 Å². The summed E-state index contributed by atoms with van der Waals surface area (Å²) in [5, 5.41) is 5.37. The van der Waals surface area contributed by atoms with Crippen molar-refractivity contribution in [1.29, 1.82) is 0 Å². The Balaban J connectivity index is 2.09. The monoisotopic (exact) mass is 285 g/mol. The van der Waals surface area contributed by atoms with Crippen LogP contribution in [0.25, 0.3) is 0 Å². The van der Waals surface area contributed by atoms with E-state index in [0.29, 0.717) is 12.5 Å². The Morgan fingerprint density at radius 2 is 1.90 bits per heavy atom. The summed E-state index contributed by atoms with van der Waals surface area (Å²) in [6.45, 7) is 6.03. The van der Waals surface area contributed by atoms with Gasteiger partial charge in [0.2, 0.25) is 11.8 Å². The van der Waals surface area contributed by atoms with E-state index in [-0.39, 0.29) is 24.3 Å². The summed E-state index contributed by atoms with van der Waals surface area (Å²) in [5.41, 5.74) is 5.69. The first kappa shape index (κ1) is 16.9. The number of carbonyl (C=O) groups excluding carboxylic acids is 2. The van der Waals surface area contributed by atoms with Gasteiger partial charge in [0, 0.05) is 19.8 Å². The number of hydrogen-bond donors (Lipinski definition) is 3. The molecule has 4 N–H and O–H groups in total. The van der Waals surface area contributed by atoms with Gasteiger partial charge in [-0.05, 0) is 31.1 Å². The molecule has 0 saturated carbocycles. The Bertz CT molecular complexity index is 315. The van der Waals surface area contributed by atoms with Gasteiger partial charge in [-0.25, -0.2) is 0 Å². The minimum Gasteiger partial charge on any atom is -0.381 e. The highest BCUT2D eigenvalue weighted by atomic mass is 16.5. The lowest BCUT2D eigenvalue weighted by molar-refractivity contribution is -0.127. The van der Waals surface area contributed by atoms with E-state index in [1.54, 1.807) is 0 Å². The Hall–Kier alpha value is -1.14. The molecule has 1 aliphatic rings. The normalized spacial score (nSPS) is 17.8. The lowest BCUT2D eigenvalue weighted by atomic mass is 9.97. The van der Waals surface area contributed by atoms with Crippen LogP contribution < -0.4 is 16.4 Å². The molecular weight excluding hydrogens is 258 g/mol. The van der Waals surface area contributed by atoms with Gasteiger partial charge in [-0.2, -0.15) is 0 Å². The lowest BCUT2D eigenvalue weighted by Crippen LogP contribution is -2.47. The van der Waals surface area contributed by atoms with Crippen LogP contribution in [0.4, 0.5) is 0 Å². The molecule has 6 nitrogen and oxygen atoms in total. The smallest absolute Gasteiger partial charge is 0.239 e. The van der Waals surface area contributed by atoms with Gasteiger partial charge in [0.25, 0.3) is 0 Å². The highest BCUT2D eigenvalue weighted by molar-refractivity contribution is 5.87. The van der Waals surface area contributed by atoms with Gasteiger partial charge in [0.1, 0.15) is 0 Å². The summed E-state index contributed by atoms with van der Waals surface area (Å²) in [6.07, 6.45) is 3.10. The van der Waals surface area contributed by atoms with Gasteiger partial charge in [-0.15, -0.1) is 0 Å². The number of rotatable bonds is 7. The largest absolute Gasteiger partial charge is 0.381 e. The molecule has 1 rings (SSSR count). The van der Waals surface area contributed by atoms with Gasteiger partial charge in [0.15, 0.2) is 0 Å². The number of hydrogen-bond acceptors (Lipinski definition) is 4. The fraction of sp³-hybridized carbons (Fsp3) is 0.857. The molecule has 0 unspecified atom stereocenters. The van der Waals surface area contributed by atoms with Gasteiger partial charge in [0.05, 0.1) is 12.6 Å². The van der Waals surface area contributed by atoms with Crippen molar-refractivity contribution in [3.05, 3.63) is 0 Å². The fourth-order valence-electron chi connectivity index (χ4n) is 2.10. The molecule has 0 aromatic rings. The standard InChI is InChI=1S/C14H27N3O3/c1-10(2)13(15)14(19)17-9-12(18)16-6-3-11-4-7-20-8-5-11/h10-11,13H,3-9,15H2,1-2H3,(H,16,18)(H,17,19)/t13-/m0/s1. The Morgan fingerprint density at radius 3 is 2.50 bits per heavy atom. The second-order valence-corrected chi connectivity index (χ2v) is 5.68. The molecule has 0 spiro atoms. The van der Waals surface area contributed by atoms with Gasteiger partial charge >= 0.3 is 0 Å². The average molecular weight is 285 g/mol. The van der Waals surface area contributed by atoms with E-state index in [0.717, 1.165) is 32.5 Å². The van der Waals surface area contributed by atoms with E-state index < -0.39 is 6.04 Å². The Kier molecular flexibility index (Phi) is 7.54. The molecular formula is C14H27N3O3. The van der Waals surface area contributed by atoms with Crippen LogP contribution in [-0.4, -0.2) is 44.2 Å². The molecule has 0 aromatic heterocycles. The summed E-state index contributed by atoms with van der Waals surface area (Å²) >= 11 is 0. The number of nitrogens with one attached hydrogen (secondary N) is 2. The third-order valence-corrected chi connectivity index (χ3v) is 3.66. The summed E-state index contributed by atoms with van der Waals surface area (Å²) in [4.78, 5) is 23.2. The fourth-order valence-corrected chi connectivity index (χ4v) is 2.10. The number of carbonyl (C=O) groups is 2. The number of amides is 2. The second-order valence-electron chi connectivity index (χ2n) is 5.68. The SMILES string of the molecule is CC(C)[C@H](N)C(=O)NCC(=O)NCCC1CCOCC1. The highest BCUT2D eigenvalue weighted by Crippen LogP contribution is 2.17. The Morgan fingerprint density at radius 1 is 1.25 bits per heavy atom. The molecule has 0 radical (unpaired) electrons. The van der Waals surface area contributed by atoms with Crippen molar-refractivity contribution in [3.8, 4) is 0 Å². The maximum atomic E-state index is 11.6. The molecule has 116 valence electrons. The van der Waals surface area contributed by atoms with Crippen LogP contribution in [0.15, 0.2) is 0 Å². The molecule has 1 saturated heterocycles. The lowest BCUT2D eigenvalue weighted by Gasteiger charge is -2.22. The van der Waals surface area contributed by atoms with Gasteiger partial charge in [-0.3, -0.25) is 9.59 Å². The first-order valence-electron chi connectivity index (χ1n) is 7.38. The zero-order chi connectivity index (χ0) is 15.0. The van der Waals surface area contributed by atoms with E-state index in [1.807, 2.05) is 13.8 Å². The van der Waals surface area contributed by atoms with Crippen LogP contribution in [0.3, 0.4) is 0 Å². The zero-order valence-electron chi connectivity index (χ0n) is 12.5. The highest BCUT2D eigenvalue weighted by Gasteiger charge is 2.18. The van der Waals surface area contributed by atoms with Crippen molar-refractivity contribution in [2.24, 2.45) is 17.6 Å². The molecule has 1 atom stereocenters. The molecule has 1 aliphatic heterocycles. The quantitative estimate of drug-likeness (QED) is 0.614. The van der Waals surface area contributed by atoms with Crippen molar-refractivity contribution in [2.45, 2.75) is 39.2 Å². The molecule has 0 aliphatic carbocycles. The van der Waals surface area contributed by atoms with Crippen LogP contribution >= 0.6 is 0 Å². The molecule has 0 bridgehead atoms. The molecule has 1 heterocycles. The predicted molar refractivity (Wildman–Crippen MR) is 77.0 cm³/mol. The maximum Gasteiger partial charge on any atom is 0.239 e. The first-order valence-corrected chi connectivity index (χ1v) is 7.38. The van der Waals surface area contributed by atoms with Crippen molar-refractivity contribution in [3.63, 3.8) is 0 Å². The van der Waals surface area contributed by atoms with Crippen molar-refractivity contribution >= 4 is 11.8 Å². The summed E-state index contributed by atoms with van der Waals surface area (Å²) in [7, 11) is 0. The zero-order valence-corrected chi connectivity index (χ0v) is 12.5. The average Bonchev–Trinajstić information content (AvgIpc) is 2.45. The third kappa shape index (κ3) is 6.34.